The maximum atomic E-state index is 10.9. The van der Waals surface area contributed by atoms with Crippen molar-refractivity contribution in [1.82, 2.24) is 10.2 Å². The van der Waals surface area contributed by atoms with Crippen LogP contribution >= 0.6 is 11.6 Å². The van der Waals surface area contributed by atoms with E-state index in [0.29, 0.717) is 11.1 Å². The van der Waals surface area contributed by atoms with Crippen molar-refractivity contribution in [2.24, 2.45) is 0 Å². The van der Waals surface area contributed by atoms with Crippen LogP contribution in [0.3, 0.4) is 0 Å². The first-order valence-corrected chi connectivity index (χ1v) is 5.29. The second-order valence-corrected chi connectivity index (χ2v) is 3.63. The zero-order valence-corrected chi connectivity index (χ0v) is 9.64. The van der Waals surface area contributed by atoms with Gasteiger partial charge in [-0.05, 0) is 12.5 Å². The number of halogens is 1. The summed E-state index contributed by atoms with van der Waals surface area (Å²) in [4.78, 5) is 10.4. The third-order valence-electron chi connectivity index (χ3n) is 2.24. The van der Waals surface area contributed by atoms with Crippen LogP contribution in [0.2, 0.25) is 0 Å². The molecule has 6 nitrogen and oxygen atoms in total. The van der Waals surface area contributed by atoms with Crippen molar-refractivity contribution in [2.45, 2.75) is 12.8 Å². The molecule has 0 unspecified atom stereocenters. The highest BCUT2D eigenvalue weighted by Crippen LogP contribution is 2.31. The highest BCUT2D eigenvalue weighted by molar-refractivity contribution is 6.16. The van der Waals surface area contributed by atoms with Crippen LogP contribution in [0.25, 0.3) is 11.5 Å². The van der Waals surface area contributed by atoms with Crippen molar-refractivity contribution >= 4 is 17.3 Å². The maximum Gasteiger partial charge on any atom is 0.282 e. The Morgan fingerprint density at radius 2 is 2.24 bits per heavy atom. The van der Waals surface area contributed by atoms with Crippen molar-refractivity contribution in [3.05, 3.63) is 39.8 Å². The number of nitro benzene ring substituents is 1. The molecule has 1 aromatic carbocycles. The van der Waals surface area contributed by atoms with E-state index in [0.717, 1.165) is 0 Å². The van der Waals surface area contributed by atoms with Gasteiger partial charge in [0.2, 0.25) is 5.89 Å². The average molecular weight is 254 g/mol. The lowest BCUT2D eigenvalue weighted by Gasteiger charge is -2.01. The van der Waals surface area contributed by atoms with Gasteiger partial charge in [0.25, 0.3) is 11.6 Å². The molecule has 0 atom stereocenters. The second kappa shape index (κ2) is 4.50. The number of aromatic nitrogens is 2. The third-order valence-corrected chi connectivity index (χ3v) is 2.47. The molecule has 2 aromatic rings. The SMILES string of the molecule is Cc1cccc([N+](=O)[O-])c1-c1nnc(CCl)o1. The number of nitro groups is 1. The summed E-state index contributed by atoms with van der Waals surface area (Å²) in [5.74, 6) is 0.428. The summed E-state index contributed by atoms with van der Waals surface area (Å²) in [6.07, 6.45) is 0. The number of nitrogens with zero attached hydrogens (tertiary/aromatic N) is 3. The summed E-state index contributed by atoms with van der Waals surface area (Å²) >= 11 is 5.54. The molecular weight excluding hydrogens is 246 g/mol. The van der Waals surface area contributed by atoms with E-state index in [9.17, 15) is 10.1 Å². The van der Waals surface area contributed by atoms with Crippen LogP contribution in [-0.4, -0.2) is 15.1 Å². The summed E-state index contributed by atoms with van der Waals surface area (Å²) in [5, 5.41) is 18.4. The highest BCUT2D eigenvalue weighted by Gasteiger charge is 2.22. The van der Waals surface area contributed by atoms with Gasteiger partial charge in [-0.15, -0.1) is 21.8 Å². The Hall–Kier alpha value is -1.95. The van der Waals surface area contributed by atoms with Gasteiger partial charge in [0.05, 0.1) is 4.92 Å². The lowest BCUT2D eigenvalue weighted by molar-refractivity contribution is -0.384. The standard InChI is InChI=1S/C10H8ClN3O3/c1-6-3-2-4-7(14(15)16)9(6)10-13-12-8(5-11)17-10/h2-4H,5H2,1H3. The Morgan fingerprint density at radius 3 is 2.82 bits per heavy atom. The summed E-state index contributed by atoms with van der Waals surface area (Å²) in [6, 6.07) is 4.75. The summed E-state index contributed by atoms with van der Waals surface area (Å²) in [7, 11) is 0. The number of aryl methyl sites for hydroxylation is 1. The van der Waals surface area contributed by atoms with Gasteiger partial charge in [-0.25, -0.2) is 0 Å². The van der Waals surface area contributed by atoms with Gasteiger partial charge in [0.1, 0.15) is 11.4 Å². The quantitative estimate of drug-likeness (QED) is 0.477. The number of alkyl halides is 1. The van der Waals surface area contributed by atoms with Gasteiger partial charge in [0.15, 0.2) is 0 Å². The number of benzene rings is 1. The van der Waals surface area contributed by atoms with Gasteiger partial charge < -0.3 is 4.42 Å². The lowest BCUT2D eigenvalue weighted by atomic mass is 10.1. The van der Waals surface area contributed by atoms with E-state index in [1.54, 1.807) is 19.1 Å². The van der Waals surface area contributed by atoms with Gasteiger partial charge in [-0.1, -0.05) is 12.1 Å². The molecule has 1 heterocycles. The predicted molar refractivity (Wildman–Crippen MR) is 60.7 cm³/mol. The van der Waals surface area contributed by atoms with E-state index >= 15 is 0 Å². The summed E-state index contributed by atoms with van der Waals surface area (Å²) in [5.41, 5.74) is 0.972. The Bertz CT molecular complexity index is 568. The fourth-order valence-corrected chi connectivity index (χ4v) is 1.60. The molecule has 0 N–H and O–H groups in total. The molecule has 0 saturated heterocycles. The molecule has 0 amide bonds. The minimum Gasteiger partial charge on any atom is -0.419 e. The van der Waals surface area contributed by atoms with Gasteiger partial charge in [-0.2, -0.15) is 0 Å². The van der Waals surface area contributed by atoms with Gasteiger partial charge in [-0.3, -0.25) is 10.1 Å². The molecule has 17 heavy (non-hydrogen) atoms. The Kier molecular flexibility index (Phi) is 3.06. The monoisotopic (exact) mass is 253 g/mol. The fourth-order valence-electron chi connectivity index (χ4n) is 1.49. The van der Waals surface area contributed by atoms with Crippen molar-refractivity contribution in [3.8, 4) is 11.5 Å². The van der Waals surface area contributed by atoms with E-state index in [1.165, 1.54) is 6.07 Å². The molecule has 0 spiro atoms. The van der Waals surface area contributed by atoms with Crippen LogP contribution in [0.5, 0.6) is 0 Å². The summed E-state index contributed by atoms with van der Waals surface area (Å²) in [6.45, 7) is 1.74. The zero-order chi connectivity index (χ0) is 12.4. The van der Waals surface area contributed by atoms with Gasteiger partial charge in [0, 0.05) is 6.07 Å². The van der Waals surface area contributed by atoms with Crippen molar-refractivity contribution in [1.29, 1.82) is 0 Å². The van der Waals surface area contributed by atoms with Crippen LogP contribution in [0.15, 0.2) is 22.6 Å². The van der Waals surface area contributed by atoms with Crippen molar-refractivity contribution in [2.75, 3.05) is 0 Å². The highest BCUT2D eigenvalue weighted by atomic mass is 35.5. The first kappa shape index (κ1) is 11.5. The normalized spacial score (nSPS) is 10.5. The maximum absolute atomic E-state index is 10.9. The smallest absolute Gasteiger partial charge is 0.282 e. The predicted octanol–water partition coefficient (Wildman–Crippen LogP) is 2.69. The minimum absolute atomic E-state index is 0.0604. The van der Waals surface area contributed by atoms with E-state index in [4.69, 9.17) is 16.0 Å². The third kappa shape index (κ3) is 2.12. The Labute approximate surface area is 101 Å². The molecule has 0 fully saturated rings. The van der Waals surface area contributed by atoms with Crippen LogP contribution in [0.1, 0.15) is 11.5 Å². The van der Waals surface area contributed by atoms with E-state index in [-0.39, 0.29) is 23.3 Å². The molecule has 0 bridgehead atoms. The number of rotatable bonds is 3. The average Bonchev–Trinajstić information content (AvgIpc) is 2.76. The van der Waals surface area contributed by atoms with Crippen LogP contribution < -0.4 is 0 Å². The fraction of sp³-hybridized carbons (Fsp3) is 0.200. The summed E-state index contributed by atoms with van der Waals surface area (Å²) < 4.78 is 5.23. The van der Waals surface area contributed by atoms with Crippen LogP contribution in [-0.2, 0) is 5.88 Å². The number of hydrogen-bond acceptors (Lipinski definition) is 5. The zero-order valence-electron chi connectivity index (χ0n) is 8.88. The molecular formula is C10H8ClN3O3. The molecule has 0 radical (unpaired) electrons. The molecule has 0 aliphatic heterocycles. The molecule has 0 aliphatic rings. The van der Waals surface area contributed by atoms with Crippen molar-refractivity contribution < 1.29 is 9.34 Å². The Morgan fingerprint density at radius 1 is 1.47 bits per heavy atom. The minimum atomic E-state index is -0.479. The Balaban J connectivity index is 2.61. The molecule has 88 valence electrons. The number of hydrogen-bond donors (Lipinski definition) is 0. The molecule has 7 heteroatoms. The lowest BCUT2D eigenvalue weighted by Crippen LogP contribution is -1.94. The van der Waals surface area contributed by atoms with E-state index in [1.807, 2.05) is 0 Å². The van der Waals surface area contributed by atoms with E-state index in [2.05, 4.69) is 10.2 Å². The van der Waals surface area contributed by atoms with Gasteiger partial charge >= 0.3 is 0 Å². The second-order valence-electron chi connectivity index (χ2n) is 3.36. The van der Waals surface area contributed by atoms with Crippen LogP contribution in [0, 0.1) is 17.0 Å². The molecule has 1 aromatic heterocycles. The van der Waals surface area contributed by atoms with E-state index < -0.39 is 4.92 Å². The topological polar surface area (TPSA) is 82.1 Å². The van der Waals surface area contributed by atoms with Crippen LogP contribution in [0.4, 0.5) is 5.69 Å². The largest absolute Gasteiger partial charge is 0.419 e. The molecule has 0 saturated carbocycles. The molecule has 2 rings (SSSR count). The van der Waals surface area contributed by atoms with Crippen molar-refractivity contribution in [3.63, 3.8) is 0 Å². The first-order chi connectivity index (χ1) is 8.13. The first-order valence-electron chi connectivity index (χ1n) is 4.76. The molecule has 0 aliphatic carbocycles.